The number of halogens is 2. The second-order valence-corrected chi connectivity index (χ2v) is 2.87. The molecule has 0 N–H and O–H groups in total. The standard InChI is InChI=1S/C10H8F2N2O2/c1-2-16-9(15)10(11,12)8-3-7(4-13)5-14-6-8/h3,5-6H,2H2,1H3. The molecule has 1 rings (SSSR count). The number of esters is 1. The van der Waals surface area contributed by atoms with Gasteiger partial charge in [0.2, 0.25) is 0 Å². The fraction of sp³-hybridized carbons (Fsp3) is 0.300. The van der Waals surface area contributed by atoms with Crippen LogP contribution in [0.25, 0.3) is 0 Å². The Bertz CT molecular complexity index is 441. The Kier molecular flexibility index (Phi) is 3.51. The summed E-state index contributed by atoms with van der Waals surface area (Å²) >= 11 is 0. The maximum Gasteiger partial charge on any atom is 0.382 e. The van der Waals surface area contributed by atoms with E-state index in [2.05, 4.69) is 9.72 Å². The molecule has 0 aliphatic carbocycles. The first kappa shape index (κ1) is 12.0. The minimum absolute atomic E-state index is 0.0403. The summed E-state index contributed by atoms with van der Waals surface area (Å²) in [7, 11) is 0. The lowest BCUT2D eigenvalue weighted by Crippen LogP contribution is -2.28. The summed E-state index contributed by atoms with van der Waals surface area (Å²) in [6.07, 6.45) is 1.96. The van der Waals surface area contributed by atoms with Crippen LogP contribution in [-0.2, 0) is 15.5 Å². The van der Waals surface area contributed by atoms with Crippen molar-refractivity contribution < 1.29 is 18.3 Å². The number of nitriles is 1. The summed E-state index contributed by atoms with van der Waals surface area (Å²) in [4.78, 5) is 14.4. The van der Waals surface area contributed by atoms with Crippen LogP contribution in [0.1, 0.15) is 18.1 Å². The number of carbonyl (C=O) groups is 1. The van der Waals surface area contributed by atoms with Crippen molar-refractivity contribution in [3.05, 3.63) is 29.6 Å². The number of rotatable bonds is 3. The van der Waals surface area contributed by atoms with Gasteiger partial charge in [-0.2, -0.15) is 14.0 Å². The molecule has 6 heteroatoms. The molecule has 0 unspecified atom stereocenters. The highest BCUT2D eigenvalue weighted by atomic mass is 19.3. The molecule has 1 heterocycles. The number of ether oxygens (including phenoxy) is 1. The Morgan fingerprint density at radius 2 is 2.31 bits per heavy atom. The van der Waals surface area contributed by atoms with E-state index in [1.54, 1.807) is 6.07 Å². The highest BCUT2D eigenvalue weighted by Crippen LogP contribution is 2.29. The molecule has 0 spiro atoms. The summed E-state index contributed by atoms with van der Waals surface area (Å²) in [6.45, 7) is 1.29. The van der Waals surface area contributed by atoms with Crippen LogP contribution < -0.4 is 0 Å². The van der Waals surface area contributed by atoms with E-state index >= 15 is 0 Å². The molecule has 0 saturated carbocycles. The van der Waals surface area contributed by atoms with Crippen molar-refractivity contribution in [2.24, 2.45) is 0 Å². The number of hydrogen-bond donors (Lipinski definition) is 0. The molecule has 0 radical (unpaired) electrons. The molecule has 0 atom stereocenters. The monoisotopic (exact) mass is 226 g/mol. The van der Waals surface area contributed by atoms with E-state index in [1.165, 1.54) is 6.92 Å². The average molecular weight is 226 g/mol. The summed E-state index contributed by atoms with van der Waals surface area (Å²) in [6, 6.07) is 2.57. The lowest BCUT2D eigenvalue weighted by Gasteiger charge is -2.14. The highest BCUT2D eigenvalue weighted by Gasteiger charge is 2.43. The highest BCUT2D eigenvalue weighted by molar-refractivity contribution is 5.79. The molecule has 1 aromatic rings. The lowest BCUT2D eigenvalue weighted by atomic mass is 10.1. The van der Waals surface area contributed by atoms with Crippen LogP contribution in [0.4, 0.5) is 8.78 Å². The van der Waals surface area contributed by atoms with Crippen molar-refractivity contribution in [1.29, 1.82) is 5.26 Å². The van der Waals surface area contributed by atoms with Crippen LogP contribution in [0.5, 0.6) is 0 Å². The molecule has 0 amide bonds. The Balaban J connectivity index is 3.07. The van der Waals surface area contributed by atoms with Gasteiger partial charge < -0.3 is 4.74 Å². The molecule has 4 nitrogen and oxygen atoms in total. The van der Waals surface area contributed by atoms with E-state index < -0.39 is 17.5 Å². The van der Waals surface area contributed by atoms with Crippen molar-refractivity contribution in [2.45, 2.75) is 12.8 Å². The Hall–Kier alpha value is -2.03. The zero-order valence-electron chi connectivity index (χ0n) is 8.41. The summed E-state index contributed by atoms with van der Waals surface area (Å²) in [5, 5.41) is 8.52. The Morgan fingerprint density at radius 3 is 2.88 bits per heavy atom. The third-order valence-electron chi connectivity index (χ3n) is 1.76. The third kappa shape index (κ3) is 2.31. The fourth-order valence-corrected chi connectivity index (χ4v) is 1.01. The molecule has 0 saturated heterocycles. The van der Waals surface area contributed by atoms with Crippen molar-refractivity contribution in [2.75, 3.05) is 6.61 Å². The van der Waals surface area contributed by atoms with Gasteiger partial charge in [-0.1, -0.05) is 0 Å². The summed E-state index contributed by atoms with van der Waals surface area (Å²) in [5.41, 5.74) is -0.688. The van der Waals surface area contributed by atoms with Crippen LogP contribution in [0, 0.1) is 11.3 Å². The van der Waals surface area contributed by atoms with E-state index in [-0.39, 0.29) is 12.2 Å². The third-order valence-corrected chi connectivity index (χ3v) is 1.76. The quantitative estimate of drug-likeness (QED) is 0.734. The van der Waals surface area contributed by atoms with Crippen molar-refractivity contribution in [3.8, 4) is 6.07 Å². The van der Waals surface area contributed by atoms with Gasteiger partial charge in [0.25, 0.3) is 0 Å². The zero-order chi connectivity index (χ0) is 12.2. The molecule has 0 aromatic carbocycles. The van der Waals surface area contributed by atoms with Gasteiger partial charge in [-0.3, -0.25) is 4.98 Å². The molecule has 84 valence electrons. The number of pyridine rings is 1. The predicted molar refractivity (Wildman–Crippen MR) is 49.5 cm³/mol. The van der Waals surface area contributed by atoms with E-state index in [9.17, 15) is 13.6 Å². The van der Waals surface area contributed by atoms with Crippen LogP contribution in [0.3, 0.4) is 0 Å². The van der Waals surface area contributed by atoms with Crippen LogP contribution in [0.15, 0.2) is 18.5 Å². The molecule has 0 bridgehead atoms. The zero-order valence-corrected chi connectivity index (χ0v) is 8.41. The number of hydrogen-bond acceptors (Lipinski definition) is 4. The number of aromatic nitrogens is 1. The second kappa shape index (κ2) is 4.66. The van der Waals surface area contributed by atoms with Gasteiger partial charge in [-0.15, -0.1) is 0 Å². The Morgan fingerprint density at radius 1 is 1.62 bits per heavy atom. The molecule has 16 heavy (non-hydrogen) atoms. The average Bonchev–Trinajstić information content (AvgIpc) is 2.29. The van der Waals surface area contributed by atoms with Gasteiger partial charge in [-0.25, -0.2) is 4.79 Å². The van der Waals surface area contributed by atoms with E-state index in [4.69, 9.17) is 5.26 Å². The first-order chi connectivity index (χ1) is 7.52. The van der Waals surface area contributed by atoms with Crippen molar-refractivity contribution >= 4 is 5.97 Å². The number of carbonyl (C=O) groups excluding carboxylic acids is 1. The molecular weight excluding hydrogens is 218 g/mol. The van der Waals surface area contributed by atoms with E-state index in [1.807, 2.05) is 0 Å². The maximum atomic E-state index is 13.4. The number of nitrogens with zero attached hydrogens (tertiary/aromatic N) is 2. The molecule has 0 aliphatic rings. The van der Waals surface area contributed by atoms with Gasteiger partial charge in [0.15, 0.2) is 0 Å². The Labute approximate surface area is 90.5 Å². The largest absolute Gasteiger partial charge is 0.461 e. The molecular formula is C10H8F2N2O2. The number of alkyl halides is 2. The lowest BCUT2D eigenvalue weighted by molar-refractivity contribution is -0.173. The first-order valence-corrected chi connectivity index (χ1v) is 4.43. The van der Waals surface area contributed by atoms with Crippen LogP contribution >= 0.6 is 0 Å². The molecule has 0 aliphatic heterocycles. The summed E-state index contributed by atoms with van der Waals surface area (Å²) in [5.74, 6) is -5.43. The normalized spacial score (nSPS) is 10.6. The topological polar surface area (TPSA) is 63.0 Å². The molecule has 1 aromatic heterocycles. The van der Waals surface area contributed by atoms with Crippen LogP contribution in [-0.4, -0.2) is 17.6 Å². The smallest absolute Gasteiger partial charge is 0.382 e. The van der Waals surface area contributed by atoms with Gasteiger partial charge in [-0.05, 0) is 13.0 Å². The van der Waals surface area contributed by atoms with Crippen molar-refractivity contribution in [3.63, 3.8) is 0 Å². The SMILES string of the molecule is CCOC(=O)C(F)(F)c1cncc(C#N)c1. The van der Waals surface area contributed by atoms with Gasteiger partial charge in [0.05, 0.1) is 17.7 Å². The van der Waals surface area contributed by atoms with Gasteiger partial charge >= 0.3 is 11.9 Å². The predicted octanol–water partition coefficient (Wildman–Crippen LogP) is 1.61. The second-order valence-electron chi connectivity index (χ2n) is 2.87. The molecule has 0 fully saturated rings. The van der Waals surface area contributed by atoms with E-state index in [0.717, 1.165) is 18.5 Å². The minimum atomic E-state index is -3.78. The van der Waals surface area contributed by atoms with Crippen LogP contribution in [0.2, 0.25) is 0 Å². The minimum Gasteiger partial charge on any atom is -0.461 e. The fourth-order valence-electron chi connectivity index (χ4n) is 1.01. The summed E-state index contributed by atoms with van der Waals surface area (Å²) < 4.78 is 31.1. The van der Waals surface area contributed by atoms with E-state index in [0.29, 0.717) is 0 Å². The van der Waals surface area contributed by atoms with Crippen molar-refractivity contribution in [1.82, 2.24) is 4.98 Å². The van der Waals surface area contributed by atoms with Gasteiger partial charge in [0.1, 0.15) is 6.07 Å². The first-order valence-electron chi connectivity index (χ1n) is 4.43. The van der Waals surface area contributed by atoms with Gasteiger partial charge in [0, 0.05) is 12.4 Å². The maximum absolute atomic E-state index is 13.4.